The number of amidine groups is 1. The molecule has 4 rings (SSSR count). The molecule has 0 bridgehead atoms. The summed E-state index contributed by atoms with van der Waals surface area (Å²) < 4.78 is 49.4. The van der Waals surface area contributed by atoms with E-state index >= 15 is 0 Å². The fraction of sp³-hybridized carbons (Fsp3) is 0.533. The number of hydrogen-bond donors (Lipinski definition) is 0. The smallest absolute Gasteiger partial charge is 0.416 e. The van der Waals surface area contributed by atoms with Crippen LogP contribution >= 0.6 is 11.8 Å². The molecule has 2 aromatic carbocycles. The van der Waals surface area contributed by atoms with Crippen molar-refractivity contribution in [1.82, 2.24) is 4.90 Å². The van der Waals surface area contributed by atoms with Crippen LogP contribution in [0.5, 0.6) is 11.5 Å². The van der Waals surface area contributed by atoms with Crippen LogP contribution in [0, 0.1) is 0 Å². The van der Waals surface area contributed by atoms with Crippen LogP contribution in [0.15, 0.2) is 53.5 Å². The number of carbonyl (C=O) groups excluding carboxylic acids is 1. The summed E-state index contributed by atoms with van der Waals surface area (Å²) in [5.74, 6) is 1.47. The number of amides is 1. The third-order valence-electron chi connectivity index (χ3n) is 6.61. The van der Waals surface area contributed by atoms with E-state index in [4.69, 9.17) is 33.4 Å². The van der Waals surface area contributed by atoms with Gasteiger partial charge in [-0.2, -0.15) is 0 Å². The summed E-state index contributed by atoms with van der Waals surface area (Å²) in [6, 6.07) is 14.5. The van der Waals surface area contributed by atoms with E-state index in [9.17, 15) is 9.18 Å². The largest absolute Gasteiger partial charge is 0.497 e. The molecule has 2 aromatic rings. The Morgan fingerprint density at radius 2 is 1.49 bits per heavy atom. The van der Waals surface area contributed by atoms with Crippen LogP contribution in [0.25, 0.3) is 0 Å². The zero-order valence-electron chi connectivity index (χ0n) is 24.4. The van der Waals surface area contributed by atoms with Gasteiger partial charge in [-0.25, -0.2) is 9.18 Å². The van der Waals surface area contributed by atoms with Gasteiger partial charge in [-0.05, 0) is 63.1 Å². The van der Waals surface area contributed by atoms with E-state index in [-0.39, 0.29) is 13.2 Å². The first kappa shape index (κ1) is 31.1. The second-order valence-corrected chi connectivity index (χ2v) is 11.8. The standard InChI is InChI=1S/C30H39FN2O7S/c1-7-33(29(34)40-30(2,3)4)28-32-24-26(38-18-20-10-14-22(36-6)15-11-20)25(23(16-31)39-27(24)41-28)37-17-19-8-12-21(35-5)13-9-19/h8-15,23-27H,7,16-18H2,1-6H3/t23-,24-,25-,26-,27-/m1/s1. The first-order chi connectivity index (χ1) is 19.6. The van der Waals surface area contributed by atoms with Gasteiger partial charge in [-0.15, -0.1) is 0 Å². The number of methoxy groups -OCH3 is 2. The fourth-order valence-corrected chi connectivity index (χ4v) is 5.80. The molecule has 1 fully saturated rings. The molecule has 0 spiro atoms. The van der Waals surface area contributed by atoms with E-state index in [2.05, 4.69) is 0 Å². The summed E-state index contributed by atoms with van der Waals surface area (Å²) >= 11 is 1.27. The van der Waals surface area contributed by atoms with Gasteiger partial charge >= 0.3 is 6.09 Å². The monoisotopic (exact) mass is 590 g/mol. The molecule has 0 unspecified atom stereocenters. The van der Waals surface area contributed by atoms with Crippen LogP contribution < -0.4 is 9.47 Å². The topological polar surface area (TPSA) is 88.1 Å². The Bertz CT molecular complexity index is 1170. The van der Waals surface area contributed by atoms with Gasteiger partial charge in [0.25, 0.3) is 0 Å². The first-order valence-electron chi connectivity index (χ1n) is 13.6. The molecule has 1 amide bonds. The number of aliphatic imine (C=N–C) groups is 1. The van der Waals surface area contributed by atoms with Crippen LogP contribution in [0.4, 0.5) is 9.18 Å². The number of ether oxygens (including phenoxy) is 6. The van der Waals surface area contributed by atoms with Crippen LogP contribution in [0.3, 0.4) is 0 Å². The minimum atomic E-state index is -0.881. The predicted octanol–water partition coefficient (Wildman–Crippen LogP) is 5.60. The number of benzene rings is 2. The van der Waals surface area contributed by atoms with Crippen molar-refractivity contribution >= 4 is 23.0 Å². The normalized spacial score (nSPS) is 23.9. The van der Waals surface area contributed by atoms with E-state index in [0.717, 1.165) is 22.6 Å². The Hall–Kier alpha value is -2.86. The Labute approximate surface area is 245 Å². The van der Waals surface area contributed by atoms with Gasteiger partial charge in [0, 0.05) is 6.54 Å². The maximum atomic E-state index is 14.4. The molecule has 41 heavy (non-hydrogen) atoms. The van der Waals surface area contributed by atoms with Crippen molar-refractivity contribution in [2.45, 2.75) is 76.3 Å². The minimum Gasteiger partial charge on any atom is -0.497 e. The van der Waals surface area contributed by atoms with E-state index in [0.29, 0.717) is 11.7 Å². The van der Waals surface area contributed by atoms with E-state index in [1.165, 1.54) is 16.7 Å². The zero-order valence-corrected chi connectivity index (χ0v) is 25.2. The van der Waals surface area contributed by atoms with Crippen molar-refractivity contribution in [3.63, 3.8) is 0 Å². The highest BCUT2D eigenvalue weighted by Crippen LogP contribution is 2.40. The summed E-state index contributed by atoms with van der Waals surface area (Å²) in [5.41, 5.74) is 0.593. The molecule has 5 atom stereocenters. The Kier molecular flexibility index (Phi) is 10.5. The Morgan fingerprint density at radius 1 is 0.951 bits per heavy atom. The quantitative estimate of drug-likeness (QED) is 0.354. The molecule has 2 aliphatic rings. The van der Waals surface area contributed by atoms with E-state index < -0.39 is 48.2 Å². The second-order valence-electron chi connectivity index (χ2n) is 10.7. The summed E-state index contributed by atoms with van der Waals surface area (Å²) in [7, 11) is 3.22. The van der Waals surface area contributed by atoms with Gasteiger partial charge in [0.1, 0.15) is 53.6 Å². The molecular weight excluding hydrogens is 551 g/mol. The molecule has 11 heteroatoms. The SMILES string of the molecule is CCN(C(=O)OC(C)(C)C)C1=N[C@@H]2[C@@H](OCc3ccc(OC)cc3)[C@H](OCc3ccc(OC)cc3)[C@@H](CF)O[C@@H]2S1. The van der Waals surface area contributed by atoms with Crippen molar-refractivity contribution in [2.75, 3.05) is 27.4 Å². The number of rotatable bonds is 10. The molecule has 2 heterocycles. The van der Waals surface area contributed by atoms with Crippen LogP contribution in [-0.4, -0.2) is 79.0 Å². The van der Waals surface area contributed by atoms with Gasteiger partial charge in [0.05, 0.1) is 27.4 Å². The van der Waals surface area contributed by atoms with Gasteiger partial charge in [0.15, 0.2) is 5.17 Å². The molecule has 1 saturated heterocycles. The van der Waals surface area contributed by atoms with E-state index in [1.807, 2.05) is 76.2 Å². The van der Waals surface area contributed by atoms with Crippen LogP contribution in [0.2, 0.25) is 0 Å². The van der Waals surface area contributed by atoms with Gasteiger partial charge in [0.2, 0.25) is 0 Å². The van der Waals surface area contributed by atoms with Gasteiger partial charge < -0.3 is 28.4 Å². The number of halogens is 1. The van der Waals surface area contributed by atoms with Crippen molar-refractivity contribution in [3.05, 3.63) is 59.7 Å². The summed E-state index contributed by atoms with van der Waals surface area (Å²) in [6.07, 6.45) is -2.77. The number of hydrogen-bond acceptors (Lipinski definition) is 9. The molecule has 0 N–H and O–H groups in total. The maximum Gasteiger partial charge on any atom is 0.416 e. The number of carbonyl (C=O) groups is 1. The summed E-state index contributed by atoms with van der Waals surface area (Å²) in [4.78, 5) is 19.3. The molecule has 0 aliphatic carbocycles. The molecular formula is C30H39FN2O7S. The highest BCUT2D eigenvalue weighted by molar-refractivity contribution is 8.14. The average molecular weight is 591 g/mol. The maximum absolute atomic E-state index is 14.4. The summed E-state index contributed by atoms with van der Waals surface area (Å²) in [5, 5.41) is 0.447. The second kappa shape index (κ2) is 13.9. The number of thioether (sulfide) groups is 1. The number of alkyl halides is 1. The van der Waals surface area contributed by atoms with Crippen LogP contribution in [-0.2, 0) is 32.2 Å². The number of fused-ring (bicyclic) bond motifs is 1. The van der Waals surface area contributed by atoms with Crippen molar-refractivity contribution in [3.8, 4) is 11.5 Å². The van der Waals surface area contributed by atoms with Gasteiger partial charge in [-0.1, -0.05) is 36.0 Å². The highest BCUT2D eigenvalue weighted by Gasteiger charge is 2.52. The lowest BCUT2D eigenvalue weighted by molar-refractivity contribution is -0.200. The molecule has 0 radical (unpaired) electrons. The predicted molar refractivity (Wildman–Crippen MR) is 155 cm³/mol. The molecule has 224 valence electrons. The molecule has 2 aliphatic heterocycles. The fourth-order valence-electron chi connectivity index (χ4n) is 4.53. The first-order valence-corrected chi connectivity index (χ1v) is 14.5. The third kappa shape index (κ3) is 7.91. The minimum absolute atomic E-state index is 0.219. The lowest BCUT2D eigenvalue weighted by Gasteiger charge is -2.41. The lowest BCUT2D eigenvalue weighted by Crippen LogP contribution is -2.57. The van der Waals surface area contributed by atoms with Gasteiger partial charge in [-0.3, -0.25) is 9.89 Å². The molecule has 0 saturated carbocycles. The molecule has 9 nitrogen and oxygen atoms in total. The lowest BCUT2D eigenvalue weighted by atomic mass is 9.98. The van der Waals surface area contributed by atoms with Crippen molar-refractivity contribution < 1.29 is 37.6 Å². The zero-order chi connectivity index (χ0) is 29.6. The highest BCUT2D eigenvalue weighted by atomic mass is 32.2. The summed E-state index contributed by atoms with van der Waals surface area (Å²) in [6.45, 7) is 7.33. The Balaban J connectivity index is 1.59. The van der Waals surface area contributed by atoms with E-state index in [1.54, 1.807) is 14.2 Å². The van der Waals surface area contributed by atoms with Crippen molar-refractivity contribution in [2.24, 2.45) is 4.99 Å². The Morgan fingerprint density at radius 3 is 1.95 bits per heavy atom. The van der Waals surface area contributed by atoms with Crippen molar-refractivity contribution in [1.29, 1.82) is 0 Å². The third-order valence-corrected chi connectivity index (χ3v) is 7.77. The van der Waals surface area contributed by atoms with Crippen LogP contribution in [0.1, 0.15) is 38.8 Å². The average Bonchev–Trinajstić information content (AvgIpc) is 3.37. The molecule has 0 aromatic heterocycles. The number of nitrogens with zero attached hydrogens (tertiary/aromatic N) is 2.